The highest BCUT2D eigenvalue weighted by Gasteiger charge is 2.16. The molecule has 1 atom stereocenters. The molecule has 4 N–H and O–H groups in total. The van der Waals surface area contributed by atoms with Gasteiger partial charge in [-0.05, 0) is 49.4 Å². The van der Waals surface area contributed by atoms with Gasteiger partial charge in [0.1, 0.15) is 6.04 Å². The lowest BCUT2D eigenvalue weighted by Crippen LogP contribution is -2.44. The number of hydrogen-bond acceptors (Lipinski definition) is 2. The van der Waals surface area contributed by atoms with Crippen LogP contribution in [0.3, 0.4) is 0 Å². The molecule has 0 saturated heterocycles. The molecule has 0 fully saturated rings. The fraction of sp³-hybridized carbons (Fsp3) is 0.385. The smallest absolute Gasteiger partial charge is 0.312 e. The molecule has 5 nitrogen and oxygen atoms in total. The Morgan fingerprint density at radius 3 is 2.72 bits per heavy atom. The second-order valence-corrected chi connectivity index (χ2v) is 4.56. The summed E-state index contributed by atoms with van der Waals surface area (Å²) in [7, 11) is 0. The normalized spacial score (nSPS) is 14.7. The van der Waals surface area contributed by atoms with E-state index in [9.17, 15) is 9.59 Å². The SMILES string of the molecule is C[C@@H](NC(N)=O)C(=O)Nc1ccc2c(c1)CCC2. The van der Waals surface area contributed by atoms with E-state index >= 15 is 0 Å². The van der Waals surface area contributed by atoms with Crippen molar-refractivity contribution in [1.29, 1.82) is 0 Å². The summed E-state index contributed by atoms with van der Waals surface area (Å²) < 4.78 is 0. The fourth-order valence-corrected chi connectivity index (χ4v) is 2.18. The summed E-state index contributed by atoms with van der Waals surface area (Å²) in [6.07, 6.45) is 3.35. The van der Waals surface area contributed by atoms with Crippen molar-refractivity contribution in [2.24, 2.45) is 5.73 Å². The summed E-state index contributed by atoms with van der Waals surface area (Å²) >= 11 is 0. The van der Waals surface area contributed by atoms with E-state index in [2.05, 4.69) is 10.6 Å². The molecule has 0 aliphatic heterocycles. The zero-order valence-corrected chi connectivity index (χ0v) is 10.3. The summed E-state index contributed by atoms with van der Waals surface area (Å²) in [6, 6.07) is 4.59. The van der Waals surface area contributed by atoms with Crippen molar-refractivity contribution < 1.29 is 9.59 Å². The minimum absolute atomic E-state index is 0.272. The van der Waals surface area contributed by atoms with Gasteiger partial charge in [-0.25, -0.2) is 4.79 Å². The van der Waals surface area contributed by atoms with Gasteiger partial charge in [0.15, 0.2) is 0 Å². The molecular weight excluding hydrogens is 230 g/mol. The summed E-state index contributed by atoms with van der Waals surface area (Å²) in [5, 5.41) is 5.11. The van der Waals surface area contributed by atoms with E-state index in [-0.39, 0.29) is 5.91 Å². The van der Waals surface area contributed by atoms with Crippen LogP contribution >= 0.6 is 0 Å². The Morgan fingerprint density at radius 1 is 1.28 bits per heavy atom. The monoisotopic (exact) mass is 247 g/mol. The van der Waals surface area contributed by atoms with Crippen molar-refractivity contribution in [2.45, 2.75) is 32.2 Å². The molecule has 0 radical (unpaired) electrons. The molecule has 96 valence electrons. The summed E-state index contributed by atoms with van der Waals surface area (Å²) in [5.74, 6) is -0.272. The molecule has 5 heteroatoms. The molecule has 1 aliphatic rings. The Bertz CT molecular complexity index is 485. The molecule has 0 saturated carbocycles. The average Bonchev–Trinajstić information content (AvgIpc) is 2.75. The Morgan fingerprint density at radius 2 is 2.00 bits per heavy atom. The highest BCUT2D eigenvalue weighted by molar-refractivity contribution is 5.96. The molecule has 0 heterocycles. The molecular formula is C13H17N3O2. The van der Waals surface area contributed by atoms with Crippen LogP contribution in [0.15, 0.2) is 18.2 Å². The number of rotatable bonds is 3. The van der Waals surface area contributed by atoms with E-state index < -0.39 is 12.1 Å². The number of nitrogens with one attached hydrogen (secondary N) is 2. The zero-order valence-electron chi connectivity index (χ0n) is 10.3. The number of hydrogen-bond donors (Lipinski definition) is 3. The molecule has 0 bridgehead atoms. The minimum atomic E-state index is -0.702. The number of carbonyl (C=O) groups is 2. The first-order valence-corrected chi connectivity index (χ1v) is 6.05. The number of nitrogens with two attached hydrogens (primary N) is 1. The van der Waals surface area contributed by atoms with Gasteiger partial charge in [0.05, 0.1) is 0 Å². The highest BCUT2D eigenvalue weighted by atomic mass is 16.2. The molecule has 18 heavy (non-hydrogen) atoms. The van der Waals surface area contributed by atoms with Crippen molar-refractivity contribution >= 4 is 17.6 Å². The number of aryl methyl sites for hydroxylation is 2. The molecule has 2 rings (SSSR count). The van der Waals surface area contributed by atoms with Crippen molar-refractivity contribution in [1.82, 2.24) is 5.32 Å². The molecule has 1 aromatic carbocycles. The van der Waals surface area contributed by atoms with Crippen LogP contribution in [0.5, 0.6) is 0 Å². The highest BCUT2D eigenvalue weighted by Crippen LogP contribution is 2.24. The van der Waals surface area contributed by atoms with Crippen molar-refractivity contribution in [3.63, 3.8) is 0 Å². The van der Waals surface area contributed by atoms with Gasteiger partial charge in [-0.2, -0.15) is 0 Å². The summed E-state index contributed by atoms with van der Waals surface area (Å²) in [6.45, 7) is 1.59. The number of anilines is 1. The van der Waals surface area contributed by atoms with E-state index in [4.69, 9.17) is 5.73 Å². The molecule has 3 amide bonds. The summed E-state index contributed by atoms with van der Waals surface area (Å²) in [4.78, 5) is 22.4. The minimum Gasteiger partial charge on any atom is -0.352 e. The zero-order chi connectivity index (χ0) is 13.1. The van der Waals surface area contributed by atoms with Gasteiger partial charge in [0.2, 0.25) is 5.91 Å². The van der Waals surface area contributed by atoms with E-state index in [1.54, 1.807) is 6.92 Å². The largest absolute Gasteiger partial charge is 0.352 e. The number of urea groups is 1. The lowest BCUT2D eigenvalue weighted by Gasteiger charge is -2.13. The van der Waals surface area contributed by atoms with Crippen molar-refractivity contribution in [3.8, 4) is 0 Å². The lowest BCUT2D eigenvalue weighted by molar-refractivity contribution is -0.117. The first kappa shape index (κ1) is 12.4. The first-order chi connectivity index (χ1) is 8.56. The maximum absolute atomic E-state index is 11.8. The number of amides is 3. The first-order valence-electron chi connectivity index (χ1n) is 6.05. The lowest BCUT2D eigenvalue weighted by atomic mass is 10.1. The van der Waals surface area contributed by atoms with Crippen LogP contribution < -0.4 is 16.4 Å². The molecule has 0 spiro atoms. The molecule has 0 unspecified atom stereocenters. The van der Waals surface area contributed by atoms with Gasteiger partial charge in [-0.15, -0.1) is 0 Å². The van der Waals surface area contributed by atoms with Crippen LogP contribution in [0.25, 0.3) is 0 Å². The van der Waals surface area contributed by atoms with Crippen molar-refractivity contribution in [2.75, 3.05) is 5.32 Å². The average molecular weight is 247 g/mol. The maximum Gasteiger partial charge on any atom is 0.312 e. The Balaban J connectivity index is 2.01. The molecule has 1 aliphatic carbocycles. The third-order valence-corrected chi connectivity index (χ3v) is 3.12. The second-order valence-electron chi connectivity index (χ2n) is 4.56. The van der Waals surface area contributed by atoms with E-state index in [0.29, 0.717) is 0 Å². The van der Waals surface area contributed by atoms with Crippen molar-refractivity contribution in [3.05, 3.63) is 29.3 Å². The van der Waals surface area contributed by atoms with Crippen LogP contribution in [0.1, 0.15) is 24.5 Å². The fourth-order valence-electron chi connectivity index (χ4n) is 2.18. The number of primary amides is 1. The van der Waals surface area contributed by atoms with Crippen LogP contribution in [0, 0.1) is 0 Å². The van der Waals surface area contributed by atoms with E-state index in [1.165, 1.54) is 17.5 Å². The van der Waals surface area contributed by atoms with Crippen LogP contribution in [0.2, 0.25) is 0 Å². The van der Waals surface area contributed by atoms with Crippen LogP contribution in [0.4, 0.5) is 10.5 Å². The number of carbonyl (C=O) groups excluding carboxylic acids is 2. The van der Waals surface area contributed by atoms with Crippen LogP contribution in [-0.4, -0.2) is 18.0 Å². The second kappa shape index (κ2) is 5.08. The van der Waals surface area contributed by atoms with Gasteiger partial charge in [0.25, 0.3) is 0 Å². The molecule has 1 aromatic rings. The van der Waals surface area contributed by atoms with Gasteiger partial charge in [0, 0.05) is 5.69 Å². The topological polar surface area (TPSA) is 84.2 Å². The standard InChI is InChI=1S/C13H17N3O2/c1-8(15-13(14)18)12(17)16-11-6-5-9-3-2-4-10(9)7-11/h5-8H,2-4H2,1H3,(H,16,17)(H3,14,15,18)/t8-/m1/s1. The van der Waals surface area contributed by atoms with Gasteiger partial charge >= 0.3 is 6.03 Å². The van der Waals surface area contributed by atoms with E-state index in [1.807, 2.05) is 18.2 Å². The third kappa shape index (κ3) is 2.80. The van der Waals surface area contributed by atoms with E-state index in [0.717, 1.165) is 18.5 Å². The van der Waals surface area contributed by atoms with Gasteiger partial charge in [-0.3, -0.25) is 4.79 Å². The number of benzene rings is 1. The predicted molar refractivity (Wildman–Crippen MR) is 69.3 cm³/mol. The maximum atomic E-state index is 11.8. The number of fused-ring (bicyclic) bond motifs is 1. The van der Waals surface area contributed by atoms with Gasteiger partial charge in [-0.1, -0.05) is 6.07 Å². The van der Waals surface area contributed by atoms with Gasteiger partial charge < -0.3 is 16.4 Å². The Kier molecular flexibility index (Phi) is 3.50. The Labute approximate surface area is 106 Å². The quantitative estimate of drug-likeness (QED) is 0.749. The predicted octanol–water partition coefficient (Wildman–Crippen LogP) is 1.17. The third-order valence-electron chi connectivity index (χ3n) is 3.12. The van der Waals surface area contributed by atoms with Crippen LogP contribution in [-0.2, 0) is 17.6 Å². The molecule has 0 aromatic heterocycles. The Hall–Kier alpha value is -2.04. The summed E-state index contributed by atoms with van der Waals surface area (Å²) in [5.41, 5.74) is 8.38.